The summed E-state index contributed by atoms with van der Waals surface area (Å²) in [5, 5.41) is 0. The molecule has 2 aliphatic rings. The zero-order chi connectivity index (χ0) is 18.9. The van der Waals surface area contributed by atoms with Crippen LogP contribution in [0, 0.1) is 0 Å². The lowest BCUT2D eigenvalue weighted by Crippen LogP contribution is -2.31. The normalized spacial score (nSPS) is 19.3. The molecule has 0 spiro atoms. The predicted octanol–water partition coefficient (Wildman–Crippen LogP) is 5.27. The smallest absolute Gasteiger partial charge is 0.333 e. The molecule has 2 aliphatic carbocycles. The van der Waals surface area contributed by atoms with Gasteiger partial charge in [0.1, 0.15) is 11.7 Å². The van der Waals surface area contributed by atoms with Gasteiger partial charge in [0, 0.05) is 11.1 Å². The van der Waals surface area contributed by atoms with Crippen LogP contribution in [0.3, 0.4) is 0 Å². The van der Waals surface area contributed by atoms with Crippen molar-refractivity contribution >= 4 is 11.9 Å². The molecule has 0 bridgehead atoms. The van der Waals surface area contributed by atoms with E-state index in [-0.39, 0.29) is 23.6 Å². The van der Waals surface area contributed by atoms with Crippen LogP contribution >= 0.6 is 0 Å². The van der Waals surface area contributed by atoms with E-state index < -0.39 is 0 Å². The average molecular weight is 350 g/mol. The maximum atomic E-state index is 11.3. The fraction of sp³-hybridized carbons (Fsp3) is 0.714. The Hall–Kier alpha value is -1.58. The molecular formula is C21H34O4. The summed E-state index contributed by atoms with van der Waals surface area (Å²) in [5.41, 5.74) is 0.830. The van der Waals surface area contributed by atoms with Crippen molar-refractivity contribution in [3.63, 3.8) is 0 Å². The number of carbonyl (C=O) groups excluding carboxylic acids is 2. The first kappa shape index (κ1) is 21.5. The van der Waals surface area contributed by atoms with Crippen molar-refractivity contribution < 1.29 is 19.1 Å². The summed E-state index contributed by atoms with van der Waals surface area (Å²) in [6, 6.07) is 0. The van der Waals surface area contributed by atoms with E-state index in [9.17, 15) is 9.59 Å². The summed E-state index contributed by atoms with van der Waals surface area (Å²) < 4.78 is 10.7. The Morgan fingerprint density at radius 1 is 0.920 bits per heavy atom. The average Bonchev–Trinajstić information content (AvgIpc) is 3.05. The number of ether oxygens (including phenoxy) is 2. The van der Waals surface area contributed by atoms with Gasteiger partial charge in [-0.1, -0.05) is 26.5 Å². The van der Waals surface area contributed by atoms with Crippen molar-refractivity contribution in [3.8, 4) is 0 Å². The minimum atomic E-state index is -0.234. The van der Waals surface area contributed by atoms with Crippen molar-refractivity contribution in [1.82, 2.24) is 0 Å². The van der Waals surface area contributed by atoms with E-state index in [2.05, 4.69) is 20.1 Å². The molecule has 4 nitrogen and oxygen atoms in total. The second-order valence-electron chi connectivity index (χ2n) is 7.36. The zero-order valence-corrected chi connectivity index (χ0v) is 16.2. The Morgan fingerprint density at radius 3 is 1.88 bits per heavy atom. The fourth-order valence-corrected chi connectivity index (χ4v) is 3.27. The van der Waals surface area contributed by atoms with Gasteiger partial charge in [-0.05, 0) is 71.6 Å². The number of esters is 2. The summed E-state index contributed by atoms with van der Waals surface area (Å²) >= 11 is 0. The quantitative estimate of drug-likeness (QED) is 0.501. The van der Waals surface area contributed by atoms with Gasteiger partial charge in [-0.25, -0.2) is 9.59 Å². The van der Waals surface area contributed by atoms with E-state index in [0.717, 1.165) is 32.1 Å². The lowest BCUT2D eigenvalue weighted by Gasteiger charge is -2.27. The van der Waals surface area contributed by atoms with Crippen LogP contribution in [0.2, 0.25) is 0 Å². The maximum Gasteiger partial charge on any atom is 0.333 e. The molecule has 2 rings (SSSR count). The molecule has 0 aliphatic heterocycles. The van der Waals surface area contributed by atoms with E-state index in [4.69, 9.17) is 9.47 Å². The Kier molecular flexibility index (Phi) is 8.95. The lowest BCUT2D eigenvalue weighted by molar-refractivity contribution is -0.154. The van der Waals surface area contributed by atoms with Crippen molar-refractivity contribution in [2.45, 2.75) is 96.7 Å². The molecule has 0 aromatic carbocycles. The topological polar surface area (TPSA) is 52.6 Å². The van der Waals surface area contributed by atoms with Gasteiger partial charge in [-0.3, -0.25) is 0 Å². The largest absolute Gasteiger partial charge is 0.459 e. The lowest BCUT2D eigenvalue weighted by atomic mass is 9.98. The molecule has 0 heterocycles. The van der Waals surface area contributed by atoms with Gasteiger partial charge in [-0.15, -0.1) is 0 Å². The molecule has 0 atom stereocenters. The molecule has 2 saturated carbocycles. The predicted molar refractivity (Wildman–Crippen MR) is 100 cm³/mol. The third kappa shape index (κ3) is 7.45. The zero-order valence-electron chi connectivity index (χ0n) is 16.2. The van der Waals surface area contributed by atoms with Crippen LogP contribution in [0.5, 0.6) is 0 Å². The second kappa shape index (κ2) is 10.4. The fourth-order valence-electron chi connectivity index (χ4n) is 3.27. The van der Waals surface area contributed by atoms with Gasteiger partial charge >= 0.3 is 11.9 Å². The molecule has 0 saturated heterocycles. The van der Waals surface area contributed by atoms with Gasteiger partial charge in [0.25, 0.3) is 0 Å². The number of hydrogen-bond acceptors (Lipinski definition) is 4. The highest BCUT2D eigenvalue weighted by molar-refractivity contribution is 5.87. The Labute approximate surface area is 152 Å². The van der Waals surface area contributed by atoms with Crippen LogP contribution in [0.25, 0.3) is 0 Å². The molecule has 0 amide bonds. The molecule has 0 N–H and O–H groups in total. The van der Waals surface area contributed by atoms with Crippen molar-refractivity contribution in [2.24, 2.45) is 0 Å². The van der Waals surface area contributed by atoms with Crippen molar-refractivity contribution in [3.05, 3.63) is 24.3 Å². The molecule has 142 valence electrons. The molecule has 0 aromatic rings. The number of hydrogen-bond donors (Lipinski definition) is 0. The van der Waals surface area contributed by atoms with E-state index in [1.54, 1.807) is 13.8 Å². The van der Waals surface area contributed by atoms with Gasteiger partial charge in [0.2, 0.25) is 0 Å². The minimum Gasteiger partial charge on any atom is -0.459 e. The van der Waals surface area contributed by atoms with Crippen LogP contribution in [-0.4, -0.2) is 23.6 Å². The Bertz CT molecular complexity index is 480. The number of carbonyl (C=O) groups is 2. The minimum absolute atomic E-state index is 0.156. The molecule has 25 heavy (non-hydrogen) atoms. The molecule has 0 radical (unpaired) electrons. The van der Waals surface area contributed by atoms with Crippen LogP contribution < -0.4 is 0 Å². The van der Waals surface area contributed by atoms with Gasteiger partial charge in [0.15, 0.2) is 0 Å². The van der Waals surface area contributed by atoms with Crippen LogP contribution in [-0.2, 0) is 19.1 Å². The van der Waals surface area contributed by atoms with Crippen molar-refractivity contribution in [2.75, 3.05) is 0 Å². The highest BCUT2D eigenvalue weighted by Gasteiger charge is 2.35. The summed E-state index contributed by atoms with van der Waals surface area (Å²) in [4.78, 5) is 22.4. The van der Waals surface area contributed by atoms with Crippen LogP contribution in [0.4, 0.5) is 0 Å². The SMILES string of the molecule is C=C(C)C(=O)OC1(CC)CCCC1.C=C(C)C(=O)OC1CCCCC1. The standard InChI is InChI=1S/C11H18O2.C10H16O2/c1-4-11(7-5-6-8-11)13-10(12)9(2)3;1-8(2)10(11)12-9-6-4-3-5-7-9/h2,4-8H2,1,3H3;9H,1,3-7H2,2H3. The Morgan fingerprint density at radius 2 is 1.44 bits per heavy atom. The first-order valence-electron chi connectivity index (χ1n) is 9.55. The molecular weight excluding hydrogens is 316 g/mol. The summed E-state index contributed by atoms with van der Waals surface area (Å²) in [6.45, 7) is 12.6. The molecule has 4 heteroatoms. The molecule has 0 unspecified atom stereocenters. The van der Waals surface area contributed by atoms with Gasteiger partial charge in [0.05, 0.1) is 0 Å². The van der Waals surface area contributed by atoms with Crippen LogP contribution in [0.15, 0.2) is 24.3 Å². The van der Waals surface area contributed by atoms with Gasteiger partial charge in [-0.2, -0.15) is 0 Å². The highest BCUT2D eigenvalue weighted by atomic mass is 16.6. The Balaban J connectivity index is 0.000000251. The van der Waals surface area contributed by atoms with E-state index in [1.165, 1.54) is 32.1 Å². The van der Waals surface area contributed by atoms with Crippen molar-refractivity contribution in [1.29, 1.82) is 0 Å². The monoisotopic (exact) mass is 350 g/mol. The van der Waals surface area contributed by atoms with Gasteiger partial charge < -0.3 is 9.47 Å². The first-order valence-corrected chi connectivity index (χ1v) is 9.55. The molecule has 2 fully saturated rings. The first-order chi connectivity index (χ1) is 11.8. The third-order valence-electron chi connectivity index (χ3n) is 4.99. The van der Waals surface area contributed by atoms with E-state index >= 15 is 0 Å². The van der Waals surface area contributed by atoms with Crippen LogP contribution in [0.1, 0.15) is 85.0 Å². The number of rotatable bonds is 5. The second-order valence-corrected chi connectivity index (χ2v) is 7.36. The summed E-state index contributed by atoms with van der Waals surface area (Å²) in [5.74, 6) is -0.467. The summed E-state index contributed by atoms with van der Waals surface area (Å²) in [7, 11) is 0. The third-order valence-corrected chi connectivity index (χ3v) is 4.99. The summed E-state index contributed by atoms with van der Waals surface area (Å²) in [6.07, 6.45) is 11.2. The highest BCUT2D eigenvalue weighted by Crippen LogP contribution is 2.36. The van der Waals surface area contributed by atoms with E-state index in [1.807, 2.05) is 0 Å². The van der Waals surface area contributed by atoms with E-state index in [0.29, 0.717) is 11.1 Å². The maximum absolute atomic E-state index is 11.3. The molecule has 0 aromatic heterocycles.